The minimum absolute atomic E-state index is 0.831. The van der Waals surface area contributed by atoms with E-state index < -0.39 is 0 Å². The summed E-state index contributed by atoms with van der Waals surface area (Å²) in [5.41, 5.74) is 9.07. The molecule has 0 radical (unpaired) electrons. The van der Waals surface area contributed by atoms with Crippen LogP contribution in [0.3, 0.4) is 0 Å². The summed E-state index contributed by atoms with van der Waals surface area (Å²) in [5.74, 6) is 0. The lowest BCUT2D eigenvalue weighted by atomic mass is 10.1. The molecule has 0 aliphatic carbocycles. The Bertz CT molecular complexity index is 361. The second-order valence-electron chi connectivity index (χ2n) is 3.97. The maximum Gasteiger partial charge on any atom is 0.0371 e. The first-order valence-corrected chi connectivity index (χ1v) is 5.65. The van der Waals surface area contributed by atoms with E-state index in [2.05, 4.69) is 34.5 Å². The number of hydrogen-bond donors (Lipinski definition) is 1. The maximum atomic E-state index is 5.92. The molecule has 2 nitrogen and oxygen atoms in total. The van der Waals surface area contributed by atoms with Crippen LogP contribution >= 0.6 is 15.9 Å². The molecule has 1 rings (SSSR count). The number of nitrogen functional groups attached to an aromatic ring is 1. The molecule has 2 N–H and O–H groups in total. The molecule has 1 aromatic rings. The Kier molecular flexibility index (Phi) is 4.36. The molecular formula is C12H17BrN2. The molecule has 0 unspecified atom stereocenters. The van der Waals surface area contributed by atoms with Gasteiger partial charge in [0.05, 0.1) is 0 Å². The van der Waals surface area contributed by atoms with Crippen LogP contribution in [-0.4, -0.2) is 18.5 Å². The first-order chi connectivity index (χ1) is 6.99. The topological polar surface area (TPSA) is 29.3 Å². The van der Waals surface area contributed by atoms with Gasteiger partial charge in [0.15, 0.2) is 0 Å². The van der Waals surface area contributed by atoms with Crippen molar-refractivity contribution in [1.82, 2.24) is 4.90 Å². The van der Waals surface area contributed by atoms with Crippen LogP contribution in [0.1, 0.15) is 12.5 Å². The van der Waals surface area contributed by atoms with Crippen molar-refractivity contribution in [2.45, 2.75) is 13.5 Å². The fraction of sp³-hybridized carbons (Fsp3) is 0.333. The van der Waals surface area contributed by atoms with E-state index in [1.165, 1.54) is 0 Å². The number of hydrogen-bond acceptors (Lipinski definition) is 2. The average Bonchev–Trinajstić information content (AvgIpc) is 2.08. The molecule has 0 amide bonds. The van der Waals surface area contributed by atoms with Crippen LogP contribution in [0.2, 0.25) is 0 Å². The lowest BCUT2D eigenvalue weighted by Gasteiger charge is -2.17. The molecule has 15 heavy (non-hydrogen) atoms. The number of nitrogens with zero attached hydrogens (tertiary/aromatic N) is 1. The van der Waals surface area contributed by atoms with E-state index >= 15 is 0 Å². The fourth-order valence-corrected chi connectivity index (χ4v) is 1.90. The van der Waals surface area contributed by atoms with Crippen molar-refractivity contribution in [3.05, 3.63) is 40.4 Å². The standard InChI is InChI=1S/C12H17BrN2/c1-9(2)7-15(3)8-10-4-5-11(13)6-12(10)14/h4-6H,1,7-8,14H2,2-3H3. The summed E-state index contributed by atoms with van der Waals surface area (Å²) < 4.78 is 1.02. The molecule has 0 spiro atoms. The van der Waals surface area contributed by atoms with Gasteiger partial charge < -0.3 is 5.73 Å². The highest BCUT2D eigenvalue weighted by Crippen LogP contribution is 2.19. The summed E-state index contributed by atoms with van der Waals surface area (Å²) in [5, 5.41) is 0. The SMILES string of the molecule is C=C(C)CN(C)Cc1ccc(Br)cc1N. The van der Waals surface area contributed by atoms with E-state index in [1.807, 2.05) is 25.1 Å². The van der Waals surface area contributed by atoms with Gasteiger partial charge in [-0.2, -0.15) is 0 Å². The van der Waals surface area contributed by atoms with Crippen molar-refractivity contribution < 1.29 is 0 Å². The highest BCUT2D eigenvalue weighted by molar-refractivity contribution is 9.10. The first-order valence-electron chi connectivity index (χ1n) is 4.86. The average molecular weight is 269 g/mol. The number of nitrogens with two attached hydrogens (primary N) is 1. The Morgan fingerprint density at radius 2 is 2.20 bits per heavy atom. The molecule has 0 bridgehead atoms. The molecule has 0 saturated carbocycles. The van der Waals surface area contributed by atoms with Crippen molar-refractivity contribution in [1.29, 1.82) is 0 Å². The van der Waals surface area contributed by atoms with Gasteiger partial charge in [-0.05, 0) is 31.7 Å². The highest BCUT2D eigenvalue weighted by atomic mass is 79.9. The van der Waals surface area contributed by atoms with E-state index in [1.54, 1.807) is 0 Å². The van der Waals surface area contributed by atoms with Crippen LogP contribution < -0.4 is 5.73 Å². The molecule has 0 heterocycles. The highest BCUT2D eigenvalue weighted by Gasteiger charge is 2.04. The van der Waals surface area contributed by atoms with E-state index in [0.29, 0.717) is 0 Å². The minimum Gasteiger partial charge on any atom is -0.398 e. The molecule has 1 aromatic carbocycles. The van der Waals surface area contributed by atoms with Gasteiger partial charge in [-0.25, -0.2) is 0 Å². The molecule has 82 valence electrons. The quantitative estimate of drug-likeness (QED) is 0.672. The van der Waals surface area contributed by atoms with Gasteiger partial charge in [-0.3, -0.25) is 4.90 Å². The van der Waals surface area contributed by atoms with Crippen molar-refractivity contribution in [2.75, 3.05) is 19.3 Å². The third-order valence-electron chi connectivity index (χ3n) is 2.09. The Morgan fingerprint density at radius 1 is 1.53 bits per heavy atom. The molecule has 0 fully saturated rings. The summed E-state index contributed by atoms with van der Waals surface area (Å²) in [7, 11) is 2.07. The van der Waals surface area contributed by atoms with E-state index in [0.717, 1.165) is 34.4 Å². The Morgan fingerprint density at radius 3 is 2.73 bits per heavy atom. The van der Waals surface area contributed by atoms with E-state index in [-0.39, 0.29) is 0 Å². The molecule has 0 saturated heterocycles. The fourth-order valence-electron chi connectivity index (χ4n) is 1.52. The van der Waals surface area contributed by atoms with Gasteiger partial charge >= 0.3 is 0 Å². The monoisotopic (exact) mass is 268 g/mol. The third kappa shape index (κ3) is 4.06. The lowest BCUT2D eigenvalue weighted by Crippen LogP contribution is -2.20. The molecule has 3 heteroatoms. The van der Waals surface area contributed by atoms with Gasteiger partial charge in [0, 0.05) is 23.2 Å². The smallest absolute Gasteiger partial charge is 0.0371 e. The van der Waals surface area contributed by atoms with Crippen LogP contribution in [0.5, 0.6) is 0 Å². The Labute approximate surface area is 99.9 Å². The van der Waals surface area contributed by atoms with Crippen LogP contribution in [0.25, 0.3) is 0 Å². The van der Waals surface area contributed by atoms with Crippen LogP contribution in [-0.2, 0) is 6.54 Å². The predicted octanol–water partition coefficient (Wildman–Crippen LogP) is 3.04. The lowest BCUT2D eigenvalue weighted by molar-refractivity contribution is 0.356. The van der Waals surface area contributed by atoms with Gasteiger partial charge in [0.2, 0.25) is 0 Å². The normalized spacial score (nSPS) is 10.7. The Hall–Kier alpha value is -0.800. The van der Waals surface area contributed by atoms with Crippen molar-refractivity contribution in [3.8, 4) is 0 Å². The molecule has 0 aromatic heterocycles. The summed E-state index contributed by atoms with van der Waals surface area (Å²) in [6.07, 6.45) is 0. The van der Waals surface area contributed by atoms with E-state index in [4.69, 9.17) is 5.73 Å². The van der Waals surface area contributed by atoms with Gasteiger partial charge in [0.25, 0.3) is 0 Å². The van der Waals surface area contributed by atoms with Crippen molar-refractivity contribution in [2.24, 2.45) is 0 Å². The summed E-state index contributed by atoms with van der Waals surface area (Å²) in [6.45, 7) is 7.67. The number of anilines is 1. The molecular weight excluding hydrogens is 252 g/mol. The van der Waals surface area contributed by atoms with Gasteiger partial charge in [-0.15, -0.1) is 0 Å². The second-order valence-corrected chi connectivity index (χ2v) is 4.89. The predicted molar refractivity (Wildman–Crippen MR) is 69.7 cm³/mol. The van der Waals surface area contributed by atoms with Gasteiger partial charge in [-0.1, -0.05) is 34.1 Å². The van der Waals surface area contributed by atoms with Crippen molar-refractivity contribution >= 4 is 21.6 Å². The van der Waals surface area contributed by atoms with Crippen LogP contribution in [0.4, 0.5) is 5.69 Å². The largest absolute Gasteiger partial charge is 0.398 e. The second kappa shape index (κ2) is 5.33. The number of likely N-dealkylation sites (N-methyl/N-ethyl adjacent to an activating group) is 1. The third-order valence-corrected chi connectivity index (χ3v) is 2.58. The Balaban J connectivity index is 2.68. The zero-order chi connectivity index (χ0) is 11.4. The number of benzene rings is 1. The van der Waals surface area contributed by atoms with E-state index in [9.17, 15) is 0 Å². The van der Waals surface area contributed by atoms with Crippen molar-refractivity contribution in [3.63, 3.8) is 0 Å². The zero-order valence-electron chi connectivity index (χ0n) is 9.26. The molecule has 0 aliphatic heterocycles. The summed E-state index contributed by atoms with van der Waals surface area (Å²) in [4.78, 5) is 2.20. The summed E-state index contributed by atoms with van der Waals surface area (Å²) >= 11 is 3.40. The van der Waals surface area contributed by atoms with Crippen LogP contribution in [0, 0.1) is 0 Å². The zero-order valence-corrected chi connectivity index (χ0v) is 10.8. The maximum absolute atomic E-state index is 5.92. The molecule has 0 aliphatic rings. The first kappa shape index (κ1) is 12.3. The minimum atomic E-state index is 0.831. The number of halogens is 1. The van der Waals surface area contributed by atoms with Gasteiger partial charge in [0.1, 0.15) is 0 Å². The number of rotatable bonds is 4. The van der Waals surface area contributed by atoms with Crippen LogP contribution in [0.15, 0.2) is 34.8 Å². The molecule has 0 atom stereocenters. The summed E-state index contributed by atoms with van der Waals surface area (Å²) in [6, 6.07) is 6.00.